The largest absolute Gasteiger partial charge is 0.457 e. The van der Waals surface area contributed by atoms with E-state index in [1.54, 1.807) is 6.20 Å². The van der Waals surface area contributed by atoms with Crippen molar-refractivity contribution in [3.05, 3.63) is 72.1 Å². The zero-order valence-corrected chi connectivity index (χ0v) is 19.5. The van der Waals surface area contributed by atoms with Crippen molar-refractivity contribution in [1.82, 2.24) is 20.1 Å². The minimum absolute atomic E-state index is 0.0223. The number of rotatable bonds is 6. The lowest BCUT2D eigenvalue weighted by Gasteiger charge is -2.23. The van der Waals surface area contributed by atoms with Crippen molar-refractivity contribution in [3.63, 3.8) is 0 Å². The molecule has 2 aromatic carbocycles. The minimum atomic E-state index is -0.0223. The van der Waals surface area contributed by atoms with E-state index in [9.17, 15) is 4.79 Å². The molecule has 3 heterocycles. The van der Waals surface area contributed by atoms with E-state index in [0.29, 0.717) is 19.0 Å². The molecule has 1 saturated heterocycles. The Balaban J connectivity index is 1.36. The molecule has 5 rings (SSSR count). The second kappa shape index (κ2) is 9.65. The highest BCUT2D eigenvalue weighted by Gasteiger charge is 2.19. The first-order valence-electron chi connectivity index (χ1n) is 11.7. The Hall–Kier alpha value is -3.71. The molecule has 0 atom stereocenters. The summed E-state index contributed by atoms with van der Waals surface area (Å²) in [6.45, 7) is 3.46. The monoisotopic (exact) mass is 456 g/mol. The highest BCUT2D eigenvalue weighted by atomic mass is 16.5. The normalized spacial score (nSPS) is 14.3. The van der Waals surface area contributed by atoms with Gasteiger partial charge in [0.15, 0.2) is 0 Å². The minimum Gasteiger partial charge on any atom is -0.457 e. The lowest BCUT2D eigenvalue weighted by molar-refractivity contribution is 0.0696. The molecule has 1 aliphatic rings. The number of nitrogens with zero attached hydrogens (tertiary/aromatic N) is 3. The van der Waals surface area contributed by atoms with Crippen LogP contribution in [0.5, 0.6) is 11.5 Å². The predicted octanol–water partition coefficient (Wildman–Crippen LogP) is 4.90. The smallest absolute Gasteiger partial charge is 0.251 e. The molecule has 2 aromatic heterocycles. The number of hydrogen-bond acceptors (Lipinski definition) is 5. The number of carbonyl (C=O) groups excluding carboxylic acids is 1. The fraction of sp³-hybridized carbons (Fsp3) is 0.296. The average Bonchev–Trinajstić information content (AvgIpc) is 3.24. The van der Waals surface area contributed by atoms with Gasteiger partial charge in [-0.15, -0.1) is 0 Å². The summed E-state index contributed by atoms with van der Waals surface area (Å²) in [7, 11) is 1.91. The first-order chi connectivity index (χ1) is 16.6. The summed E-state index contributed by atoms with van der Waals surface area (Å²) in [6, 6.07) is 15.7. The van der Waals surface area contributed by atoms with E-state index < -0.39 is 0 Å². The van der Waals surface area contributed by atoms with Crippen molar-refractivity contribution in [3.8, 4) is 22.8 Å². The number of carbonyl (C=O) groups is 1. The summed E-state index contributed by atoms with van der Waals surface area (Å²) in [5, 5.41) is 8.51. The number of pyridine rings is 1. The van der Waals surface area contributed by atoms with Crippen LogP contribution in [0.1, 0.15) is 35.7 Å². The molecule has 7 nitrogen and oxygen atoms in total. The van der Waals surface area contributed by atoms with Crippen molar-refractivity contribution >= 4 is 16.8 Å². The van der Waals surface area contributed by atoms with E-state index in [2.05, 4.69) is 22.3 Å². The topological polar surface area (TPSA) is 78.3 Å². The number of nitrogens with one attached hydrogen (secondary N) is 1. The third kappa shape index (κ3) is 4.65. The van der Waals surface area contributed by atoms with Gasteiger partial charge in [-0.1, -0.05) is 13.0 Å². The molecule has 4 aromatic rings. The number of hydrogen-bond donors (Lipinski definition) is 1. The van der Waals surface area contributed by atoms with Crippen LogP contribution in [0.15, 0.2) is 60.9 Å². The molecule has 0 spiro atoms. The SMILES string of the molecule is CCc1cc(-c2cc(Oc3ccc4cnn(C)c4c3)ccn2)ccc1C(=O)NC1CCOCC1. The predicted molar refractivity (Wildman–Crippen MR) is 131 cm³/mol. The van der Waals surface area contributed by atoms with E-state index in [0.717, 1.165) is 58.3 Å². The maximum atomic E-state index is 12.9. The van der Waals surface area contributed by atoms with Crippen molar-refractivity contribution in [1.29, 1.82) is 0 Å². The van der Waals surface area contributed by atoms with Crippen molar-refractivity contribution in [2.24, 2.45) is 7.05 Å². The lowest BCUT2D eigenvalue weighted by atomic mass is 9.98. The van der Waals surface area contributed by atoms with E-state index in [1.807, 2.05) is 66.5 Å². The highest BCUT2D eigenvalue weighted by molar-refractivity contribution is 5.96. The molecule has 34 heavy (non-hydrogen) atoms. The zero-order valence-electron chi connectivity index (χ0n) is 19.5. The van der Waals surface area contributed by atoms with Crippen LogP contribution in [0.2, 0.25) is 0 Å². The molecule has 0 bridgehead atoms. The van der Waals surface area contributed by atoms with Crippen LogP contribution in [0.3, 0.4) is 0 Å². The number of aryl methyl sites for hydroxylation is 2. The molecule has 1 amide bonds. The average molecular weight is 457 g/mol. The molecular weight excluding hydrogens is 428 g/mol. The van der Waals surface area contributed by atoms with Gasteiger partial charge in [-0.2, -0.15) is 5.10 Å². The Kier molecular flexibility index (Phi) is 6.27. The van der Waals surface area contributed by atoms with Gasteiger partial charge in [0.2, 0.25) is 0 Å². The van der Waals surface area contributed by atoms with Crippen LogP contribution in [0.25, 0.3) is 22.2 Å². The Morgan fingerprint density at radius 1 is 1.12 bits per heavy atom. The molecule has 7 heteroatoms. The molecule has 174 valence electrons. The van der Waals surface area contributed by atoms with Crippen LogP contribution in [0.4, 0.5) is 0 Å². The molecule has 0 radical (unpaired) electrons. The van der Waals surface area contributed by atoms with Gasteiger partial charge in [-0.3, -0.25) is 14.5 Å². The molecule has 1 fully saturated rings. The van der Waals surface area contributed by atoms with Crippen LogP contribution in [0, 0.1) is 0 Å². The third-order valence-electron chi connectivity index (χ3n) is 6.27. The van der Waals surface area contributed by atoms with Gasteiger partial charge in [0.1, 0.15) is 11.5 Å². The summed E-state index contributed by atoms with van der Waals surface area (Å²) in [5.41, 5.74) is 4.47. The van der Waals surface area contributed by atoms with Crippen molar-refractivity contribution in [2.75, 3.05) is 13.2 Å². The summed E-state index contributed by atoms with van der Waals surface area (Å²) in [6.07, 6.45) is 6.05. The first kappa shape index (κ1) is 22.1. The summed E-state index contributed by atoms with van der Waals surface area (Å²) < 4.78 is 13.3. The van der Waals surface area contributed by atoms with E-state index in [-0.39, 0.29) is 11.9 Å². The highest BCUT2D eigenvalue weighted by Crippen LogP contribution is 2.29. The Labute approximate surface area is 198 Å². The summed E-state index contributed by atoms with van der Waals surface area (Å²) in [4.78, 5) is 17.4. The van der Waals surface area contributed by atoms with Gasteiger partial charge in [-0.25, -0.2) is 0 Å². The number of amides is 1. The Morgan fingerprint density at radius 3 is 2.76 bits per heavy atom. The van der Waals surface area contributed by atoms with E-state index in [1.165, 1.54) is 0 Å². The van der Waals surface area contributed by atoms with Gasteiger partial charge < -0.3 is 14.8 Å². The van der Waals surface area contributed by atoms with Crippen LogP contribution < -0.4 is 10.1 Å². The fourth-order valence-corrected chi connectivity index (χ4v) is 4.33. The summed E-state index contributed by atoms with van der Waals surface area (Å²) >= 11 is 0. The first-order valence-corrected chi connectivity index (χ1v) is 11.7. The van der Waals surface area contributed by atoms with Crippen molar-refractivity contribution in [2.45, 2.75) is 32.2 Å². The van der Waals surface area contributed by atoms with Gasteiger partial charge >= 0.3 is 0 Å². The molecular formula is C27H28N4O3. The summed E-state index contributed by atoms with van der Waals surface area (Å²) in [5.74, 6) is 1.42. The number of benzene rings is 2. The maximum Gasteiger partial charge on any atom is 0.251 e. The third-order valence-corrected chi connectivity index (χ3v) is 6.27. The zero-order chi connectivity index (χ0) is 23.5. The second-order valence-electron chi connectivity index (χ2n) is 8.55. The van der Waals surface area contributed by atoms with Crippen LogP contribution >= 0.6 is 0 Å². The molecule has 0 unspecified atom stereocenters. The standard InChI is InChI=1S/C27H28N4O3/c1-3-18-14-19(5-7-24(18)27(32)30-21-9-12-33-13-10-21)25-15-23(8-11-28-25)34-22-6-4-20-17-29-31(2)26(20)16-22/h4-8,11,14-17,21H,3,9-10,12-13H2,1-2H3,(H,30,32). The number of aromatic nitrogens is 3. The number of ether oxygens (including phenoxy) is 2. The molecule has 1 N–H and O–H groups in total. The Morgan fingerprint density at radius 2 is 1.94 bits per heavy atom. The molecule has 0 saturated carbocycles. The lowest BCUT2D eigenvalue weighted by Crippen LogP contribution is -2.39. The second-order valence-corrected chi connectivity index (χ2v) is 8.55. The number of fused-ring (bicyclic) bond motifs is 1. The van der Waals surface area contributed by atoms with Gasteiger partial charge in [0, 0.05) is 61.1 Å². The van der Waals surface area contributed by atoms with Gasteiger partial charge in [0.25, 0.3) is 5.91 Å². The molecule has 0 aliphatic carbocycles. The molecule has 1 aliphatic heterocycles. The fourth-order valence-electron chi connectivity index (χ4n) is 4.33. The van der Waals surface area contributed by atoms with Crippen molar-refractivity contribution < 1.29 is 14.3 Å². The van der Waals surface area contributed by atoms with Gasteiger partial charge in [0.05, 0.1) is 17.4 Å². The van der Waals surface area contributed by atoms with E-state index >= 15 is 0 Å². The Bertz CT molecular complexity index is 1320. The van der Waals surface area contributed by atoms with Gasteiger partial charge in [-0.05, 0) is 55.2 Å². The quantitative estimate of drug-likeness (QED) is 0.447. The van der Waals surface area contributed by atoms with Crippen LogP contribution in [-0.4, -0.2) is 39.9 Å². The van der Waals surface area contributed by atoms with E-state index in [4.69, 9.17) is 9.47 Å². The van der Waals surface area contributed by atoms with Crippen LogP contribution in [-0.2, 0) is 18.2 Å². The maximum absolute atomic E-state index is 12.9.